The van der Waals surface area contributed by atoms with Gasteiger partial charge in [0.2, 0.25) is 0 Å². The average Bonchev–Trinajstić information content (AvgIpc) is 2.94. The van der Waals surface area contributed by atoms with E-state index in [1.807, 2.05) is 0 Å². The second-order valence-electron chi connectivity index (χ2n) is 5.98. The van der Waals surface area contributed by atoms with Crippen LogP contribution in [-0.2, 0) is 6.18 Å². The van der Waals surface area contributed by atoms with Gasteiger partial charge in [-0.3, -0.25) is 4.90 Å². The minimum atomic E-state index is -4.33. The topological polar surface area (TPSA) is 27.6 Å². The molecule has 4 aliphatic heterocycles. The van der Waals surface area contributed by atoms with Crippen molar-refractivity contribution in [3.8, 4) is 0 Å². The fourth-order valence-electron chi connectivity index (χ4n) is 3.92. The van der Waals surface area contributed by atoms with Crippen LogP contribution in [0.4, 0.5) is 13.2 Å². The Hall–Kier alpha value is -1.56. The predicted molar refractivity (Wildman–Crippen MR) is 72.8 cm³/mol. The van der Waals surface area contributed by atoms with Gasteiger partial charge in [0.1, 0.15) is 0 Å². The van der Waals surface area contributed by atoms with Crippen LogP contribution in [-0.4, -0.2) is 29.7 Å². The molecule has 0 spiro atoms. The van der Waals surface area contributed by atoms with Gasteiger partial charge < -0.3 is 5.43 Å². The van der Waals surface area contributed by atoms with Crippen LogP contribution in [0, 0.1) is 5.92 Å². The van der Waals surface area contributed by atoms with Crippen molar-refractivity contribution in [3.05, 3.63) is 35.4 Å². The number of fused-ring (bicyclic) bond motifs is 2. The number of hydrogen-bond donors (Lipinski definition) is 1. The van der Waals surface area contributed by atoms with E-state index < -0.39 is 11.7 Å². The van der Waals surface area contributed by atoms with Gasteiger partial charge in [-0.2, -0.15) is 18.3 Å². The Morgan fingerprint density at radius 3 is 2.57 bits per heavy atom. The Labute approximate surface area is 120 Å². The number of hydrazone groups is 1. The molecule has 0 aliphatic carbocycles. The Morgan fingerprint density at radius 2 is 1.86 bits per heavy atom. The van der Waals surface area contributed by atoms with Gasteiger partial charge in [-0.15, -0.1) is 0 Å². The SMILES string of the molecule is FC(F)(F)c1ccccc1C1NN=C2C3CCN(CC3)C21. The normalized spacial score (nSPS) is 34.3. The molecule has 3 saturated heterocycles. The lowest BCUT2D eigenvalue weighted by Gasteiger charge is -2.45. The average molecular weight is 295 g/mol. The van der Waals surface area contributed by atoms with Crippen LogP contribution in [0.1, 0.15) is 30.0 Å². The number of alkyl halides is 3. The van der Waals surface area contributed by atoms with Crippen LogP contribution in [0.2, 0.25) is 0 Å². The van der Waals surface area contributed by atoms with Gasteiger partial charge in [0, 0.05) is 5.92 Å². The summed E-state index contributed by atoms with van der Waals surface area (Å²) in [5.41, 5.74) is 3.78. The molecule has 0 amide bonds. The highest BCUT2D eigenvalue weighted by molar-refractivity contribution is 5.95. The molecule has 5 rings (SSSR count). The van der Waals surface area contributed by atoms with Crippen molar-refractivity contribution in [2.75, 3.05) is 13.1 Å². The zero-order valence-electron chi connectivity index (χ0n) is 11.4. The maximum absolute atomic E-state index is 13.2. The van der Waals surface area contributed by atoms with Crippen molar-refractivity contribution in [3.63, 3.8) is 0 Å². The largest absolute Gasteiger partial charge is 0.416 e. The molecule has 21 heavy (non-hydrogen) atoms. The van der Waals surface area contributed by atoms with Gasteiger partial charge in [-0.25, -0.2) is 0 Å². The summed E-state index contributed by atoms with van der Waals surface area (Å²) < 4.78 is 39.7. The van der Waals surface area contributed by atoms with Gasteiger partial charge in [0.25, 0.3) is 0 Å². The zero-order chi connectivity index (χ0) is 14.6. The predicted octanol–water partition coefficient (Wildman–Crippen LogP) is 2.80. The van der Waals surface area contributed by atoms with Gasteiger partial charge in [-0.1, -0.05) is 18.2 Å². The van der Waals surface area contributed by atoms with Crippen LogP contribution in [0.25, 0.3) is 0 Å². The summed E-state index contributed by atoms with van der Waals surface area (Å²) in [6.07, 6.45) is -2.18. The highest BCUT2D eigenvalue weighted by Crippen LogP contribution is 2.42. The van der Waals surface area contributed by atoms with Crippen molar-refractivity contribution < 1.29 is 13.2 Å². The Bertz CT molecular complexity index is 588. The quantitative estimate of drug-likeness (QED) is 0.863. The molecule has 2 bridgehead atoms. The van der Waals surface area contributed by atoms with Crippen LogP contribution in [0.5, 0.6) is 0 Å². The highest BCUT2D eigenvalue weighted by atomic mass is 19.4. The van der Waals surface area contributed by atoms with Gasteiger partial charge >= 0.3 is 6.18 Å². The molecule has 4 heterocycles. The summed E-state index contributed by atoms with van der Waals surface area (Å²) in [7, 11) is 0. The highest BCUT2D eigenvalue weighted by Gasteiger charge is 2.48. The summed E-state index contributed by atoms with van der Waals surface area (Å²) in [6.45, 7) is 1.92. The third-order valence-electron chi connectivity index (χ3n) is 4.89. The molecule has 112 valence electrons. The van der Waals surface area contributed by atoms with E-state index in [1.54, 1.807) is 12.1 Å². The maximum atomic E-state index is 13.2. The number of nitrogens with zero attached hydrogens (tertiary/aromatic N) is 2. The molecular formula is C15H16F3N3. The molecule has 3 nitrogen and oxygen atoms in total. The first-order valence-electron chi connectivity index (χ1n) is 7.29. The maximum Gasteiger partial charge on any atom is 0.416 e. The molecule has 0 aromatic heterocycles. The Kier molecular flexibility index (Phi) is 2.79. The molecule has 4 aliphatic rings. The van der Waals surface area contributed by atoms with E-state index in [1.165, 1.54) is 6.07 Å². The lowest BCUT2D eigenvalue weighted by atomic mass is 9.78. The lowest BCUT2D eigenvalue weighted by Crippen LogP contribution is -2.56. The molecule has 6 heteroatoms. The zero-order valence-corrected chi connectivity index (χ0v) is 11.4. The van der Waals surface area contributed by atoms with Crippen molar-refractivity contribution in [1.29, 1.82) is 0 Å². The lowest BCUT2D eigenvalue weighted by molar-refractivity contribution is -0.138. The molecule has 0 radical (unpaired) electrons. The third-order valence-corrected chi connectivity index (χ3v) is 4.89. The first kappa shape index (κ1) is 13.1. The van der Waals surface area contributed by atoms with E-state index in [2.05, 4.69) is 15.4 Å². The number of nitrogens with one attached hydrogen (secondary N) is 1. The fourth-order valence-corrected chi connectivity index (χ4v) is 3.92. The van der Waals surface area contributed by atoms with Crippen molar-refractivity contribution >= 4 is 5.71 Å². The van der Waals surface area contributed by atoms with Crippen LogP contribution >= 0.6 is 0 Å². The van der Waals surface area contributed by atoms with Crippen molar-refractivity contribution in [2.24, 2.45) is 11.0 Å². The van der Waals surface area contributed by atoms with Gasteiger partial charge in [0.05, 0.1) is 23.4 Å². The first-order chi connectivity index (χ1) is 10.1. The molecule has 3 fully saturated rings. The number of piperidine rings is 3. The van der Waals surface area contributed by atoms with Crippen LogP contribution < -0.4 is 5.43 Å². The Morgan fingerprint density at radius 1 is 1.14 bits per heavy atom. The van der Waals surface area contributed by atoms with Crippen LogP contribution in [0.3, 0.4) is 0 Å². The van der Waals surface area contributed by atoms with Crippen molar-refractivity contribution in [2.45, 2.75) is 31.1 Å². The number of hydrogen-bond acceptors (Lipinski definition) is 3. The number of benzene rings is 1. The summed E-state index contributed by atoms with van der Waals surface area (Å²) in [6, 6.07) is 5.44. The summed E-state index contributed by atoms with van der Waals surface area (Å²) in [5, 5.41) is 4.38. The second-order valence-corrected chi connectivity index (χ2v) is 5.98. The molecule has 0 saturated carbocycles. The molecular weight excluding hydrogens is 279 g/mol. The second kappa shape index (κ2) is 4.47. The Balaban J connectivity index is 1.73. The van der Waals surface area contributed by atoms with Crippen LogP contribution in [0.15, 0.2) is 29.4 Å². The first-order valence-corrected chi connectivity index (χ1v) is 7.29. The summed E-state index contributed by atoms with van der Waals surface area (Å²) in [4.78, 5) is 2.27. The molecule has 1 N–H and O–H groups in total. The molecule has 1 aromatic rings. The number of halogens is 3. The van der Waals surface area contributed by atoms with E-state index in [0.717, 1.165) is 37.7 Å². The smallest absolute Gasteiger partial charge is 0.301 e. The molecule has 2 unspecified atom stereocenters. The molecule has 2 atom stereocenters. The number of rotatable bonds is 1. The fraction of sp³-hybridized carbons (Fsp3) is 0.533. The van der Waals surface area contributed by atoms with Crippen molar-refractivity contribution in [1.82, 2.24) is 10.3 Å². The van der Waals surface area contributed by atoms with E-state index in [-0.39, 0.29) is 12.1 Å². The van der Waals surface area contributed by atoms with E-state index in [9.17, 15) is 13.2 Å². The van der Waals surface area contributed by atoms with E-state index >= 15 is 0 Å². The minimum absolute atomic E-state index is 0.0130. The standard InChI is InChI=1S/C15H16F3N3/c16-15(17,18)11-4-2-1-3-10(11)13-14-12(19-20-13)9-5-7-21(14)8-6-9/h1-4,9,13-14,20H,5-8H2. The monoisotopic (exact) mass is 295 g/mol. The third kappa shape index (κ3) is 1.96. The van der Waals surface area contributed by atoms with E-state index in [4.69, 9.17) is 0 Å². The molecule has 1 aromatic carbocycles. The summed E-state index contributed by atoms with van der Waals surface area (Å²) in [5.74, 6) is 0.440. The van der Waals surface area contributed by atoms with Gasteiger partial charge in [-0.05, 0) is 37.6 Å². The van der Waals surface area contributed by atoms with Gasteiger partial charge in [0.15, 0.2) is 0 Å². The van der Waals surface area contributed by atoms with E-state index in [0.29, 0.717) is 11.5 Å². The summed E-state index contributed by atoms with van der Waals surface area (Å²) >= 11 is 0. The minimum Gasteiger partial charge on any atom is -0.301 e.